The van der Waals surface area contributed by atoms with Crippen molar-refractivity contribution >= 4 is 43.1 Å². The number of hydrogen-bond donors (Lipinski definition) is 2. The SMILES string of the molecule is COCCNCC(=O)NCC1(N2CCCCC2)CCN(C)CC1.Cl.Cl.Cl. The van der Waals surface area contributed by atoms with Gasteiger partial charge in [-0.3, -0.25) is 9.69 Å². The smallest absolute Gasteiger partial charge is 0.234 e. The number of piperidine rings is 2. The second-order valence-electron chi connectivity index (χ2n) is 7.02. The van der Waals surface area contributed by atoms with Crippen LogP contribution in [0, 0.1) is 0 Å². The molecule has 0 aromatic rings. The van der Waals surface area contributed by atoms with E-state index in [0.29, 0.717) is 19.7 Å². The standard InChI is InChI=1S/C17H34N4O2.3ClH/c1-20-11-6-17(7-12-20,21-9-4-3-5-10-21)15-19-16(22)14-18-8-13-23-2;;;/h18H,3-15H2,1-2H3,(H,19,22);3*1H. The summed E-state index contributed by atoms with van der Waals surface area (Å²) in [5.41, 5.74) is 0.162. The Balaban J connectivity index is 0. The fraction of sp³-hybridized carbons (Fsp3) is 0.941. The molecule has 0 unspecified atom stereocenters. The third kappa shape index (κ3) is 8.91. The predicted molar refractivity (Wildman–Crippen MR) is 114 cm³/mol. The van der Waals surface area contributed by atoms with E-state index < -0.39 is 0 Å². The third-order valence-corrected chi connectivity index (χ3v) is 5.33. The second-order valence-corrected chi connectivity index (χ2v) is 7.02. The molecular weight excluding hydrogens is 399 g/mol. The van der Waals surface area contributed by atoms with Crippen LogP contribution in [0.5, 0.6) is 0 Å². The summed E-state index contributed by atoms with van der Waals surface area (Å²) in [5.74, 6) is 0.0939. The number of hydrogen-bond acceptors (Lipinski definition) is 5. The minimum absolute atomic E-state index is 0. The Morgan fingerprint density at radius 2 is 1.65 bits per heavy atom. The number of nitrogens with one attached hydrogen (secondary N) is 2. The Morgan fingerprint density at radius 1 is 1.04 bits per heavy atom. The fourth-order valence-corrected chi connectivity index (χ4v) is 3.71. The van der Waals surface area contributed by atoms with Crippen molar-refractivity contribution in [2.75, 3.05) is 66.6 Å². The maximum Gasteiger partial charge on any atom is 0.234 e. The molecule has 1 amide bonds. The van der Waals surface area contributed by atoms with E-state index in [1.807, 2.05) is 0 Å². The van der Waals surface area contributed by atoms with Crippen LogP contribution in [0.3, 0.4) is 0 Å². The Morgan fingerprint density at radius 3 is 2.23 bits per heavy atom. The Kier molecular flexibility index (Phi) is 16.5. The lowest BCUT2D eigenvalue weighted by Gasteiger charge is -2.50. The highest BCUT2D eigenvalue weighted by Crippen LogP contribution is 2.30. The van der Waals surface area contributed by atoms with E-state index in [4.69, 9.17) is 4.74 Å². The molecule has 0 bridgehead atoms. The molecule has 158 valence electrons. The van der Waals surface area contributed by atoms with Gasteiger partial charge in [0.25, 0.3) is 0 Å². The maximum atomic E-state index is 12.1. The summed E-state index contributed by atoms with van der Waals surface area (Å²) in [6, 6.07) is 0. The van der Waals surface area contributed by atoms with Gasteiger partial charge in [-0.25, -0.2) is 0 Å². The van der Waals surface area contributed by atoms with Crippen molar-refractivity contribution in [3.63, 3.8) is 0 Å². The number of amides is 1. The topological polar surface area (TPSA) is 56.8 Å². The first kappa shape index (κ1) is 28.4. The molecule has 2 aliphatic heterocycles. The first-order valence-corrected chi connectivity index (χ1v) is 9.06. The molecule has 0 aliphatic carbocycles. The number of rotatable bonds is 8. The second kappa shape index (κ2) is 15.1. The van der Waals surface area contributed by atoms with E-state index >= 15 is 0 Å². The summed E-state index contributed by atoms with van der Waals surface area (Å²) in [5, 5.41) is 6.29. The predicted octanol–water partition coefficient (Wildman–Crippen LogP) is 1.55. The Labute approximate surface area is 177 Å². The molecule has 6 nitrogen and oxygen atoms in total. The minimum Gasteiger partial charge on any atom is -0.383 e. The van der Waals surface area contributed by atoms with Crippen molar-refractivity contribution in [3.05, 3.63) is 0 Å². The molecule has 2 aliphatic rings. The summed E-state index contributed by atoms with van der Waals surface area (Å²) in [6.45, 7) is 7.13. The maximum absolute atomic E-state index is 12.1. The summed E-state index contributed by atoms with van der Waals surface area (Å²) in [6.07, 6.45) is 6.25. The minimum atomic E-state index is 0. The molecule has 2 fully saturated rings. The molecule has 2 rings (SSSR count). The summed E-state index contributed by atoms with van der Waals surface area (Å²) in [7, 11) is 3.86. The summed E-state index contributed by atoms with van der Waals surface area (Å²) >= 11 is 0. The first-order chi connectivity index (χ1) is 11.2. The van der Waals surface area contributed by atoms with E-state index in [2.05, 4.69) is 27.5 Å². The van der Waals surface area contributed by atoms with Gasteiger partial charge in [-0.1, -0.05) is 6.42 Å². The fourth-order valence-electron chi connectivity index (χ4n) is 3.71. The molecule has 2 N–H and O–H groups in total. The van der Waals surface area contributed by atoms with E-state index in [-0.39, 0.29) is 48.7 Å². The molecule has 0 atom stereocenters. The zero-order valence-corrected chi connectivity index (χ0v) is 18.6. The van der Waals surface area contributed by atoms with Crippen LogP contribution in [0.2, 0.25) is 0 Å². The molecule has 26 heavy (non-hydrogen) atoms. The van der Waals surface area contributed by atoms with Gasteiger partial charge in [-0.05, 0) is 58.9 Å². The quantitative estimate of drug-likeness (QED) is 0.567. The van der Waals surface area contributed by atoms with Crippen molar-refractivity contribution in [3.8, 4) is 0 Å². The van der Waals surface area contributed by atoms with Crippen LogP contribution in [0.4, 0.5) is 0 Å². The van der Waals surface area contributed by atoms with Crippen LogP contribution in [0.1, 0.15) is 32.1 Å². The molecule has 2 saturated heterocycles. The molecule has 0 radical (unpaired) electrons. The zero-order valence-electron chi connectivity index (χ0n) is 16.1. The number of likely N-dealkylation sites (tertiary alicyclic amines) is 2. The van der Waals surface area contributed by atoms with Gasteiger partial charge in [0.05, 0.1) is 13.2 Å². The number of carbonyl (C=O) groups is 1. The van der Waals surface area contributed by atoms with Gasteiger partial charge in [-0.2, -0.15) is 0 Å². The van der Waals surface area contributed by atoms with Crippen molar-refractivity contribution in [2.24, 2.45) is 0 Å². The van der Waals surface area contributed by atoms with Crippen molar-refractivity contribution < 1.29 is 9.53 Å². The monoisotopic (exact) mass is 434 g/mol. The Bertz CT molecular complexity index is 364. The number of ether oxygens (including phenoxy) is 1. The molecule has 0 aromatic heterocycles. The number of nitrogens with zero attached hydrogens (tertiary/aromatic N) is 2. The van der Waals surface area contributed by atoms with Crippen LogP contribution in [0.15, 0.2) is 0 Å². The van der Waals surface area contributed by atoms with Crippen LogP contribution in [0.25, 0.3) is 0 Å². The Hall–Kier alpha value is 0.180. The van der Waals surface area contributed by atoms with E-state index in [1.165, 1.54) is 32.4 Å². The number of halogens is 3. The van der Waals surface area contributed by atoms with E-state index in [0.717, 1.165) is 32.5 Å². The third-order valence-electron chi connectivity index (χ3n) is 5.33. The van der Waals surface area contributed by atoms with Crippen LogP contribution >= 0.6 is 37.2 Å². The van der Waals surface area contributed by atoms with Gasteiger partial charge < -0.3 is 20.3 Å². The first-order valence-electron chi connectivity index (χ1n) is 9.06. The number of methoxy groups -OCH3 is 1. The van der Waals surface area contributed by atoms with E-state index in [9.17, 15) is 4.79 Å². The van der Waals surface area contributed by atoms with Gasteiger partial charge in [0.15, 0.2) is 0 Å². The highest BCUT2D eigenvalue weighted by molar-refractivity contribution is 5.86. The van der Waals surface area contributed by atoms with Gasteiger partial charge in [-0.15, -0.1) is 37.2 Å². The molecule has 0 saturated carbocycles. The van der Waals surface area contributed by atoms with Gasteiger partial charge in [0.2, 0.25) is 5.91 Å². The van der Waals surface area contributed by atoms with Crippen molar-refractivity contribution in [1.82, 2.24) is 20.4 Å². The van der Waals surface area contributed by atoms with Gasteiger partial charge in [0, 0.05) is 25.7 Å². The van der Waals surface area contributed by atoms with E-state index in [1.54, 1.807) is 7.11 Å². The van der Waals surface area contributed by atoms with Crippen LogP contribution < -0.4 is 10.6 Å². The van der Waals surface area contributed by atoms with Crippen molar-refractivity contribution in [2.45, 2.75) is 37.6 Å². The molecule has 0 aromatic carbocycles. The molecule has 2 heterocycles. The lowest BCUT2D eigenvalue weighted by atomic mass is 9.84. The highest BCUT2D eigenvalue weighted by Gasteiger charge is 2.39. The number of carbonyl (C=O) groups excluding carboxylic acids is 1. The average Bonchev–Trinajstić information content (AvgIpc) is 2.59. The molecule has 0 spiro atoms. The van der Waals surface area contributed by atoms with Crippen LogP contribution in [-0.4, -0.2) is 87.8 Å². The van der Waals surface area contributed by atoms with Crippen molar-refractivity contribution in [1.29, 1.82) is 0 Å². The molecule has 9 heteroatoms. The lowest BCUT2D eigenvalue weighted by Crippen LogP contribution is -2.61. The normalized spacial score (nSPS) is 20.2. The lowest BCUT2D eigenvalue weighted by molar-refractivity contribution is -0.121. The highest BCUT2D eigenvalue weighted by atomic mass is 35.5. The summed E-state index contributed by atoms with van der Waals surface area (Å²) in [4.78, 5) is 17.1. The average molecular weight is 436 g/mol. The zero-order chi connectivity index (χ0) is 16.5. The summed E-state index contributed by atoms with van der Waals surface area (Å²) < 4.78 is 4.98. The van der Waals surface area contributed by atoms with Crippen LogP contribution in [-0.2, 0) is 9.53 Å². The van der Waals surface area contributed by atoms with Gasteiger partial charge >= 0.3 is 0 Å². The largest absolute Gasteiger partial charge is 0.383 e. The van der Waals surface area contributed by atoms with Gasteiger partial charge in [0.1, 0.15) is 0 Å². The molecular formula is C17H37Cl3N4O2.